The average Bonchev–Trinajstić information content (AvgIpc) is 2.97. The third-order valence-electron chi connectivity index (χ3n) is 5.22. The van der Waals surface area contributed by atoms with E-state index in [9.17, 15) is 19.5 Å². The number of methoxy groups -OCH3 is 1. The van der Waals surface area contributed by atoms with Gasteiger partial charge < -0.3 is 15.2 Å². The van der Waals surface area contributed by atoms with Crippen LogP contribution in [0.25, 0.3) is 0 Å². The Balaban J connectivity index is 1.89. The Morgan fingerprint density at radius 2 is 1.92 bits per heavy atom. The second kappa shape index (κ2) is 7.61. The van der Waals surface area contributed by atoms with Crippen LogP contribution in [0.15, 0.2) is 12.2 Å². The molecular formula is C19H23NO5S. The molecule has 0 unspecified atom stereocenters. The largest absolute Gasteiger partial charge is 0.481 e. The van der Waals surface area contributed by atoms with E-state index in [4.69, 9.17) is 4.74 Å². The van der Waals surface area contributed by atoms with E-state index < -0.39 is 23.8 Å². The van der Waals surface area contributed by atoms with E-state index in [1.165, 1.54) is 18.4 Å². The molecule has 6 nitrogen and oxygen atoms in total. The first kappa shape index (κ1) is 18.6. The van der Waals surface area contributed by atoms with E-state index in [0.29, 0.717) is 29.3 Å². The van der Waals surface area contributed by atoms with E-state index in [1.54, 1.807) is 6.08 Å². The van der Waals surface area contributed by atoms with Crippen molar-refractivity contribution in [1.82, 2.24) is 0 Å². The minimum atomic E-state index is -0.970. The van der Waals surface area contributed by atoms with Gasteiger partial charge in [-0.05, 0) is 43.6 Å². The zero-order valence-electron chi connectivity index (χ0n) is 14.9. The Morgan fingerprint density at radius 1 is 1.23 bits per heavy atom. The summed E-state index contributed by atoms with van der Waals surface area (Å²) in [5.41, 5.74) is 1.40. The fourth-order valence-electron chi connectivity index (χ4n) is 3.74. The molecule has 7 heteroatoms. The number of aliphatic carboxylic acids is 1. The molecule has 1 heterocycles. The second-order valence-electron chi connectivity index (χ2n) is 7.03. The average molecular weight is 377 g/mol. The minimum Gasteiger partial charge on any atom is -0.481 e. The lowest BCUT2D eigenvalue weighted by molar-refractivity contribution is -0.146. The van der Waals surface area contributed by atoms with Crippen LogP contribution in [0.1, 0.15) is 47.0 Å². The first-order valence-corrected chi connectivity index (χ1v) is 9.65. The fourth-order valence-corrected chi connectivity index (χ4v) is 5.14. The van der Waals surface area contributed by atoms with Gasteiger partial charge in [0.2, 0.25) is 5.91 Å². The van der Waals surface area contributed by atoms with Gasteiger partial charge in [-0.2, -0.15) is 0 Å². The van der Waals surface area contributed by atoms with Gasteiger partial charge in [-0.25, -0.2) is 4.79 Å². The molecule has 0 radical (unpaired) electrons. The number of esters is 1. The molecule has 2 aliphatic rings. The van der Waals surface area contributed by atoms with Crippen LogP contribution >= 0.6 is 11.3 Å². The molecule has 1 amide bonds. The van der Waals surface area contributed by atoms with Gasteiger partial charge in [-0.1, -0.05) is 19.1 Å². The van der Waals surface area contributed by atoms with Gasteiger partial charge in [0.1, 0.15) is 5.00 Å². The number of carbonyl (C=O) groups is 3. The number of hydrogen-bond acceptors (Lipinski definition) is 5. The van der Waals surface area contributed by atoms with Gasteiger partial charge in [-0.3, -0.25) is 9.59 Å². The maximum atomic E-state index is 12.8. The Kier molecular flexibility index (Phi) is 5.46. The fraction of sp³-hybridized carbons (Fsp3) is 0.526. The van der Waals surface area contributed by atoms with E-state index in [0.717, 1.165) is 29.7 Å². The van der Waals surface area contributed by atoms with Crippen molar-refractivity contribution in [3.05, 3.63) is 28.2 Å². The predicted octanol–water partition coefficient (Wildman–Crippen LogP) is 3.27. The molecule has 2 aliphatic carbocycles. The SMILES string of the molecule is COC(=O)c1c(NC(=O)[C@H]2CC=CC[C@H]2C(=O)O)sc2c1CC[C@@H](C)C2. The van der Waals surface area contributed by atoms with Gasteiger partial charge in [-0.15, -0.1) is 11.3 Å². The van der Waals surface area contributed by atoms with E-state index >= 15 is 0 Å². The molecule has 0 saturated heterocycles. The third-order valence-corrected chi connectivity index (χ3v) is 6.39. The van der Waals surface area contributed by atoms with E-state index in [1.807, 2.05) is 6.08 Å². The highest BCUT2D eigenvalue weighted by Gasteiger charge is 2.36. The minimum absolute atomic E-state index is 0.343. The summed E-state index contributed by atoms with van der Waals surface area (Å²) in [6.45, 7) is 2.17. The molecule has 1 aromatic rings. The standard InChI is InChI=1S/C19H23NO5S/c1-10-7-8-13-14(9-10)26-17(15(13)19(24)25-2)20-16(21)11-5-3-4-6-12(11)18(22)23/h3-4,10-12H,5-9H2,1-2H3,(H,20,21)(H,22,23)/t10-,11+,12-/m1/s1. The number of rotatable bonds is 4. The van der Waals surface area contributed by atoms with Gasteiger partial charge in [0, 0.05) is 4.88 Å². The zero-order valence-corrected chi connectivity index (χ0v) is 15.7. The topological polar surface area (TPSA) is 92.7 Å². The first-order chi connectivity index (χ1) is 12.4. The lowest BCUT2D eigenvalue weighted by atomic mass is 9.82. The van der Waals surface area contributed by atoms with Crippen molar-refractivity contribution in [1.29, 1.82) is 0 Å². The molecular weight excluding hydrogens is 354 g/mol. The van der Waals surface area contributed by atoms with Crippen molar-refractivity contribution >= 4 is 34.2 Å². The van der Waals surface area contributed by atoms with Gasteiger partial charge in [0.05, 0.1) is 24.5 Å². The summed E-state index contributed by atoms with van der Waals surface area (Å²) in [7, 11) is 1.33. The quantitative estimate of drug-likeness (QED) is 0.621. The maximum absolute atomic E-state index is 12.8. The molecule has 0 fully saturated rings. The monoisotopic (exact) mass is 377 g/mol. The van der Waals surface area contributed by atoms with Crippen LogP contribution in [-0.2, 0) is 27.2 Å². The molecule has 140 valence electrons. The number of amides is 1. The Hall–Kier alpha value is -2.15. The Labute approximate surface area is 156 Å². The molecule has 3 atom stereocenters. The number of carboxylic acids is 1. The van der Waals surface area contributed by atoms with Crippen LogP contribution in [0.4, 0.5) is 5.00 Å². The lowest BCUT2D eigenvalue weighted by Gasteiger charge is -2.24. The molecule has 2 N–H and O–H groups in total. The number of anilines is 1. The molecule has 26 heavy (non-hydrogen) atoms. The van der Waals surface area contributed by atoms with Crippen LogP contribution in [0, 0.1) is 17.8 Å². The molecule has 0 spiro atoms. The third kappa shape index (κ3) is 3.53. The second-order valence-corrected chi connectivity index (χ2v) is 8.14. The summed E-state index contributed by atoms with van der Waals surface area (Å²) >= 11 is 1.41. The van der Waals surface area contributed by atoms with Crippen LogP contribution in [0.5, 0.6) is 0 Å². The van der Waals surface area contributed by atoms with Crippen molar-refractivity contribution in [3.8, 4) is 0 Å². The highest BCUT2D eigenvalue weighted by Crippen LogP contribution is 2.40. The van der Waals surface area contributed by atoms with E-state index in [2.05, 4.69) is 12.2 Å². The summed E-state index contributed by atoms with van der Waals surface area (Å²) in [5.74, 6) is -2.61. The number of fused-ring (bicyclic) bond motifs is 1. The van der Waals surface area contributed by atoms with Crippen molar-refractivity contribution < 1.29 is 24.2 Å². The molecule has 0 saturated carbocycles. The Morgan fingerprint density at radius 3 is 2.58 bits per heavy atom. The number of hydrogen-bond donors (Lipinski definition) is 2. The van der Waals surface area contributed by atoms with Crippen molar-refractivity contribution in [2.75, 3.05) is 12.4 Å². The van der Waals surface area contributed by atoms with Crippen LogP contribution in [0.3, 0.4) is 0 Å². The van der Waals surface area contributed by atoms with Crippen LogP contribution < -0.4 is 5.32 Å². The predicted molar refractivity (Wildman–Crippen MR) is 98.5 cm³/mol. The first-order valence-electron chi connectivity index (χ1n) is 8.83. The van der Waals surface area contributed by atoms with E-state index in [-0.39, 0.29) is 5.91 Å². The van der Waals surface area contributed by atoms with Crippen molar-refractivity contribution in [2.45, 2.75) is 39.0 Å². The summed E-state index contributed by atoms with van der Waals surface area (Å²) in [4.78, 5) is 37.6. The van der Waals surface area contributed by atoms with Crippen molar-refractivity contribution in [3.63, 3.8) is 0 Å². The van der Waals surface area contributed by atoms with Gasteiger partial charge in [0.25, 0.3) is 0 Å². The van der Waals surface area contributed by atoms with Crippen LogP contribution in [-0.4, -0.2) is 30.1 Å². The van der Waals surface area contributed by atoms with Gasteiger partial charge >= 0.3 is 11.9 Å². The molecule has 0 aliphatic heterocycles. The van der Waals surface area contributed by atoms with Crippen LogP contribution in [0.2, 0.25) is 0 Å². The normalized spacial score (nSPS) is 24.6. The molecule has 3 rings (SSSR count). The summed E-state index contributed by atoms with van der Waals surface area (Å²) in [6.07, 6.45) is 7.03. The summed E-state index contributed by atoms with van der Waals surface area (Å²) < 4.78 is 4.93. The number of carbonyl (C=O) groups excluding carboxylic acids is 2. The van der Waals surface area contributed by atoms with Crippen molar-refractivity contribution in [2.24, 2.45) is 17.8 Å². The number of allylic oxidation sites excluding steroid dienone is 2. The lowest BCUT2D eigenvalue weighted by Crippen LogP contribution is -2.34. The molecule has 0 aromatic carbocycles. The Bertz CT molecular complexity index is 766. The van der Waals surface area contributed by atoms with Gasteiger partial charge in [0.15, 0.2) is 0 Å². The number of ether oxygens (including phenoxy) is 1. The summed E-state index contributed by atoms with van der Waals surface area (Å²) in [6, 6.07) is 0. The highest BCUT2D eigenvalue weighted by atomic mass is 32.1. The number of nitrogens with one attached hydrogen (secondary N) is 1. The smallest absolute Gasteiger partial charge is 0.341 e. The number of thiophene rings is 1. The zero-order chi connectivity index (χ0) is 18.8. The maximum Gasteiger partial charge on any atom is 0.341 e. The summed E-state index contributed by atoms with van der Waals surface area (Å²) in [5, 5.41) is 12.7. The highest BCUT2D eigenvalue weighted by molar-refractivity contribution is 7.17. The molecule has 0 bridgehead atoms. The molecule has 1 aromatic heterocycles. The number of carboxylic acid groups (broad SMARTS) is 1.